The van der Waals surface area contributed by atoms with Crippen molar-refractivity contribution in [3.8, 4) is 0 Å². The fourth-order valence-electron chi connectivity index (χ4n) is 5.32. The Hall–Kier alpha value is -3.39. The lowest BCUT2D eigenvalue weighted by Gasteiger charge is -2.32. The largest absolute Gasteiger partial charge is 0.322 e. The van der Waals surface area contributed by atoms with E-state index in [0.717, 1.165) is 47.1 Å². The van der Waals surface area contributed by atoms with Gasteiger partial charge in [0.2, 0.25) is 0 Å². The van der Waals surface area contributed by atoms with Gasteiger partial charge in [-0.15, -0.1) is 5.10 Å². The maximum atomic E-state index is 13.1. The maximum absolute atomic E-state index is 13.1. The molecule has 3 aromatic heterocycles. The lowest BCUT2D eigenvalue weighted by Crippen LogP contribution is -2.33. The molecule has 182 valence electrons. The van der Waals surface area contributed by atoms with Crippen molar-refractivity contribution in [2.45, 2.75) is 77.5 Å². The fraction of sp³-hybridized carbons (Fsp3) is 0.444. The van der Waals surface area contributed by atoms with Crippen LogP contribution in [0.25, 0.3) is 10.9 Å². The summed E-state index contributed by atoms with van der Waals surface area (Å²) in [5.74, 6) is 0.886. The summed E-state index contributed by atoms with van der Waals surface area (Å²) >= 11 is 0. The van der Waals surface area contributed by atoms with Gasteiger partial charge in [0, 0.05) is 36.6 Å². The van der Waals surface area contributed by atoms with Gasteiger partial charge in [-0.3, -0.25) is 14.7 Å². The zero-order valence-corrected chi connectivity index (χ0v) is 20.5. The van der Waals surface area contributed by atoms with Gasteiger partial charge in [-0.1, -0.05) is 43.9 Å². The number of aromatic amines is 1. The summed E-state index contributed by atoms with van der Waals surface area (Å²) in [6, 6.07) is 12.5. The minimum Gasteiger partial charge on any atom is -0.322 e. The summed E-state index contributed by atoms with van der Waals surface area (Å²) in [6.07, 6.45) is 10.4. The second-order valence-electron chi connectivity index (χ2n) is 9.68. The Morgan fingerprint density at radius 3 is 2.77 bits per heavy atom. The summed E-state index contributed by atoms with van der Waals surface area (Å²) in [5.41, 5.74) is 3.80. The van der Waals surface area contributed by atoms with Crippen LogP contribution in [0.3, 0.4) is 0 Å². The van der Waals surface area contributed by atoms with Crippen molar-refractivity contribution >= 4 is 10.9 Å². The average molecular weight is 472 g/mol. The van der Waals surface area contributed by atoms with Crippen LogP contribution < -0.4 is 5.56 Å². The van der Waals surface area contributed by atoms with Gasteiger partial charge in [-0.25, -0.2) is 4.68 Å². The van der Waals surface area contributed by atoms with Crippen LogP contribution in [-0.4, -0.2) is 35.1 Å². The molecular formula is C27H33N7O. The van der Waals surface area contributed by atoms with Crippen molar-refractivity contribution < 1.29 is 0 Å². The molecule has 5 rings (SSSR count). The Morgan fingerprint density at radius 2 is 2.00 bits per heavy atom. The van der Waals surface area contributed by atoms with Gasteiger partial charge < -0.3 is 4.98 Å². The van der Waals surface area contributed by atoms with Gasteiger partial charge in [0.25, 0.3) is 5.56 Å². The number of nitrogens with zero attached hydrogens (tertiary/aromatic N) is 6. The zero-order chi connectivity index (χ0) is 24.2. The van der Waals surface area contributed by atoms with Crippen LogP contribution in [0.2, 0.25) is 0 Å². The first-order valence-electron chi connectivity index (χ1n) is 12.7. The Bertz CT molecular complexity index is 1320. The maximum Gasteiger partial charge on any atom is 0.252 e. The molecule has 0 radical (unpaired) electrons. The zero-order valence-electron chi connectivity index (χ0n) is 20.5. The molecule has 0 aliphatic heterocycles. The van der Waals surface area contributed by atoms with Gasteiger partial charge in [0.1, 0.15) is 0 Å². The smallest absolute Gasteiger partial charge is 0.252 e. The van der Waals surface area contributed by atoms with Gasteiger partial charge in [-0.05, 0) is 71.8 Å². The molecule has 8 nitrogen and oxygen atoms in total. The van der Waals surface area contributed by atoms with Crippen LogP contribution in [0, 0.1) is 6.92 Å². The van der Waals surface area contributed by atoms with Crippen molar-refractivity contribution in [3.63, 3.8) is 0 Å². The van der Waals surface area contributed by atoms with Crippen molar-refractivity contribution in [3.05, 3.63) is 81.7 Å². The Kier molecular flexibility index (Phi) is 6.99. The summed E-state index contributed by atoms with van der Waals surface area (Å²) in [4.78, 5) is 22.8. The predicted molar refractivity (Wildman–Crippen MR) is 136 cm³/mol. The van der Waals surface area contributed by atoms with E-state index in [2.05, 4.69) is 61.1 Å². The minimum absolute atomic E-state index is 0.0280. The molecule has 1 aromatic carbocycles. The van der Waals surface area contributed by atoms with Crippen molar-refractivity contribution in [1.29, 1.82) is 0 Å². The molecule has 0 saturated heterocycles. The van der Waals surface area contributed by atoms with E-state index in [0.29, 0.717) is 19.1 Å². The highest BCUT2D eigenvalue weighted by atomic mass is 16.1. The SMILES string of the molecule is CCC(c1nnnn1C1CCCCC1)N(Cc1cccnc1)Cc1cc2cc(C)ccc2[nH]c1=O. The number of pyridine rings is 2. The standard InChI is InChI=1S/C27H33N7O/c1-3-25(26-30-31-32-34(26)23-9-5-4-6-10-23)33(17-20-8-7-13-28-16-20)18-22-15-21-14-19(2)11-12-24(21)29-27(22)35/h7-8,11-16,23,25H,3-6,9-10,17-18H2,1-2H3,(H,29,35). The van der Waals surface area contributed by atoms with E-state index in [1.807, 2.05) is 30.5 Å². The monoisotopic (exact) mass is 471 g/mol. The van der Waals surface area contributed by atoms with E-state index in [1.54, 1.807) is 6.20 Å². The number of tetrazole rings is 1. The number of nitrogens with one attached hydrogen (secondary N) is 1. The van der Waals surface area contributed by atoms with E-state index in [1.165, 1.54) is 24.8 Å². The fourth-order valence-corrected chi connectivity index (χ4v) is 5.32. The first-order chi connectivity index (χ1) is 17.1. The quantitative estimate of drug-likeness (QED) is 0.394. The van der Waals surface area contributed by atoms with Crippen LogP contribution in [0.5, 0.6) is 0 Å². The second-order valence-corrected chi connectivity index (χ2v) is 9.68. The third-order valence-corrected chi connectivity index (χ3v) is 7.12. The van der Waals surface area contributed by atoms with E-state index in [-0.39, 0.29) is 11.6 Å². The second kappa shape index (κ2) is 10.5. The highest BCUT2D eigenvalue weighted by Crippen LogP contribution is 2.32. The summed E-state index contributed by atoms with van der Waals surface area (Å²) < 4.78 is 2.05. The summed E-state index contributed by atoms with van der Waals surface area (Å²) in [7, 11) is 0. The van der Waals surface area contributed by atoms with E-state index >= 15 is 0 Å². The third-order valence-electron chi connectivity index (χ3n) is 7.12. The molecule has 3 heterocycles. The number of benzene rings is 1. The Balaban J connectivity index is 1.52. The Morgan fingerprint density at radius 1 is 1.14 bits per heavy atom. The molecule has 8 heteroatoms. The molecule has 1 atom stereocenters. The highest BCUT2D eigenvalue weighted by molar-refractivity contribution is 5.79. The van der Waals surface area contributed by atoms with Gasteiger partial charge in [0.05, 0.1) is 12.1 Å². The molecule has 0 spiro atoms. The number of aryl methyl sites for hydroxylation is 1. The van der Waals surface area contributed by atoms with Gasteiger partial charge in [0.15, 0.2) is 5.82 Å². The molecule has 1 N–H and O–H groups in total. The third kappa shape index (κ3) is 5.17. The minimum atomic E-state index is -0.0562. The van der Waals surface area contributed by atoms with Crippen molar-refractivity contribution in [2.24, 2.45) is 0 Å². The predicted octanol–water partition coefficient (Wildman–Crippen LogP) is 4.88. The molecule has 1 aliphatic carbocycles. The van der Waals surface area contributed by atoms with E-state index in [4.69, 9.17) is 0 Å². The molecule has 0 amide bonds. The summed E-state index contributed by atoms with van der Waals surface area (Å²) in [6.45, 7) is 5.37. The number of fused-ring (bicyclic) bond motifs is 1. The number of hydrogen-bond donors (Lipinski definition) is 1. The Labute approximate surface area is 205 Å². The van der Waals surface area contributed by atoms with Crippen LogP contribution in [-0.2, 0) is 13.1 Å². The van der Waals surface area contributed by atoms with Crippen molar-refractivity contribution in [2.75, 3.05) is 0 Å². The van der Waals surface area contributed by atoms with Crippen LogP contribution >= 0.6 is 0 Å². The molecule has 1 aliphatic rings. The lowest BCUT2D eigenvalue weighted by molar-refractivity contribution is 0.155. The highest BCUT2D eigenvalue weighted by Gasteiger charge is 2.29. The first-order valence-corrected chi connectivity index (χ1v) is 12.7. The molecular weight excluding hydrogens is 438 g/mol. The lowest BCUT2D eigenvalue weighted by atomic mass is 9.95. The van der Waals surface area contributed by atoms with Crippen LogP contribution in [0.4, 0.5) is 0 Å². The summed E-state index contributed by atoms with van der Waals surface area (Å²) in [5, 5.41) is 14.1. The van der Waals surface area contributed by atoms with Crippen LogP contribution in [0.1, 0.15) is 80.0 Å². The van der Waals surface area contributed by atoms with E-state index < -0.39 is 0 Å². The molecule has 35 heavy (non-hydrogen) atoms. The number of H-pyrrole nitrogens is 1. The molecule has 1 fully saturated rings. The average Bonchev–Trinajstić information content (AvgIpc) is 3.36. The van der Waals surface area contributed by atoms with E-state index in [9.17, 15) is 4.79 Å². The van der Waals surface area contributed by atoms with Crippen molar-refractivity contribution in [1.82, 2.24) is 35.1 Å². The first kappa shape index (κ1) is 23.4. The molecule has 4 aromatic rings. The number of rotatable bonds is 8. The topological polar surface area (TPSA) is 92.6 Å². The number of aromatic nitrogens is 6. The normalized spacial score (nSPS) is 15.6. The molecule has 1 unspecified atom stereocenters. The number of hydrogen-bond acceptors (Lipinski definition) is 6. The van der Waals surface area contributed by atoms with Gasteiger partial charge in [-0.2, -0.15) is 0 Å². The molecule has 0 bridgehead atoms. The molecule has 1 saturated carbocycles. The van der Waals surface area contributed by atoms with Crippen LogP contribution in [0.15, 0.2) is 53.6 Å². The van der Waals surface area contributed by atoms with Gasteiger partial charge >= 0.3 is 0 Å².